The molecule has 1 heterocycles. The summed E-state index contributed by atoms with van der Waals surface area (Å²) in [5.74, 6) is 0.696. The van der Waals surface area contributed by atoms with Gasteiger partial charge in [-0.15, -0.1) is 0 Å². The van der Waals surface area contributed by atoms with Crippen LogP contribution in [0.3, 0.4) is 0 Å². The van der Waals surface area contributed by atoms with E-state index in [9.17, 15) is 0 Å². The predicted octanol–water partition coefficient (Wildman–Crippen LogP) is 0.625. The molecule has 0 aromatic carbocycles. The Labute approximate surface area is 62.7 Å². The molecule has 1 radical (unpaired) electrons. The lowest BCUT2D eigenvalue weighted by Gasteiger charge is -2.04. The zero-order valence-corrected chi connectivity index (χ0v) is 7.26. The zero-order valence-electron chi connectivity index (χ0n) is 6.26. The molecular weight excluding hydrogens is 140 g/mol. The molecule has 10 heavy (non-hydrogen) atoms. The van der Waals surface area contributed by atoms with Crippen LogP contribution in [0.4, 0.5) is 5.82 Å². The topological polar surface area (TPSA) is 38.9 Å². The highest BCUT2D eigenvalue weighted by atomic mass is 28.3. The Morgan fingerprint density at radius 3 is 2.60 bits per heavy atom. The molecule has 2 nitrogen and oxygen atoms in total. The third kappa shape index (κ3) is 1.36. The van der Waals surface area contributed by atoms with Gasteiger partial charge in [-0.1, -0.05) is 19.2 Å². The van der Waals surface area contributed by atoms with Crippen molar-refractivity contribution in [2.45, 2.75) is 13.1 Å². The van der Waals surface area contributed by atoms with Gasteiger partial charge in [0.1, 0.15) is 5.82 Å². The highest BCUT2D eigenvalue weighted by molar-refractivity contribution is 6.72. The number of rotatable bonds is 1. The number of aromatic nitrogens is 1. The van der Waals surface area contributed by atoms with E-state index in [0.717, 1.165) is 0 Å². The normalized spacial score (nSPS) is 10.3. The summed E-state index contributed by atoms with van der Waals surface area (Å²) >= 11 is 0. The number of nitrogens with two attached hydrogens (primary N) is 1. The fourth-order valence-corrected chi connectivity index (χ4v) is 1.85. The second-order valence-electron chi connectivity index (χ2n) is 2.44. The number of hydrogen-bond donors (Lipinski definition) is 1. The third-order valence-electron chi connectivity index (χ3n) is 1.38. The van der Waals surface area contributed by atoms with Gasteiger partial charge in [0.25, 0.3) is 0 Å². The molecule has 0 unspecified atom stereocenters. The molecule has 53 valence electrons. The van der Waals surface area contributed by atoms with E-state index in [1.54, 1.807) is 6.20 Å². The Kier molecular flexibility index (Phi) is 2.06. The van der Waals surface area contributed by atoms with Crippen LogP contribution in [0.1, 0.15) is 0 Å². The lowest BCUT2D eigenvalue weighted by Crippen LogP contribution is -2.26. The minimum atomic E-state index is -0.430. The summed E-state index contributed by atoms with van der Waals surface area (Å²) in [7, 11) is -0.430. The van der Waals surface area contributed by atoms with E-state index in [0.29, 0.717) is 5.82 Å². The number of hydrogen-bond acceptors (Lipinski definition) is 2. The maximum Gasteiger partial charge on any atom is 0.122 e. The molecule has 0 spiro atoms. The summed E-state index contributed by atoms with van der Waals surface area (Å²) in [4.78, 5) is 4.00. The average Bonchev–Trinajstić information content (AvgIpc) is 1.88. The van der Waals surface area contributed by atoms with Crippen LogP contribution in [0, 0.1) is 0 Å². The molecule has 3 heteroatoms. The Morgan fingerprint density at radius 1 is 1.50 bits per heavy atom. The number of anilines is 1. The van der Waals surface area contributed by atoms with E-state index >= 15 is 0 Å². The highest BCUT2D eigenvalue weighted by Gasteiger charge is 2.03. The molecular formula is C7H11N2Si. The van der Waals surface area contributed by atoms with Crippen molar-refractivity contribution >= 4 is 19.8 Å². The molecule has 0 bridgehead atoms. The fourth-order valence-electron chi connectivity index (χ4n) is 0.840. The van der Waals surface area contributed by atoms with Crippen LogP contribution in [0.5, 0.6) is 0 Å². The predicted molar refractivity (Wildman–Crippen MR) is 45.8 cm³/mol. The molecule has 1 rings (SSSR count). The summed E-state index contributed by atoms with van der Waals surface area (Å²) in [6.07, 6.45) is 1.73. The minimum Gasteiger partial charge on any atom is -0.384 e. The van der Waals surface area contributed by atoms with Crippen molar-refractivity contribution in [3.8, 4) is 0 Å². The van der Waals surface area contributed by atoms with Gasteiger partial charge in [-0.3, -0.25) is 0 Å². The molecule has 0 saturated carbocycles. The van der Waals surface area contributed by atoms with Crippen LogP contribution in [0.2, 0.25) is 13.1 Å². The number of pyridine rings is 1. The van der Waals surface area contributed by atoms with Gasteiger partial charge in [0.2, 0.25) is 0 Å². The molecule has 2 N–H and O–H groups in total. The molecule has 0 amide bonds. The van der Waals surface area contributed by atoms with Crippen molar-refractivity contribution in [1.82, 2.24) is 4.98 Å². The van der Waals surface area contributed by atoms with Gasteiger partial charge in [0, 0.05) is 6.20 Å². The van der Waals surface area contributed by atoms with Gasteiger partial charge in [-0.25, -0.2) is 4.98 Å². The van der Waals surface area contributed by atoms with E-state index in [-0.39, 0.29) is 0 Å². The largest absolute Gasteiger partial charge is 0.384 e. The Hall–Kier alpha value is -0.833. The molecule has 1 aromatic rings. The summed E-state index contributed by atoms with van der Waals surface area (Å²) in [5.41, 5.74) is 5.64. The van der Waals surface area contributed by atoms with Crippen LogP contribution in [-0.2, 0) is 0 Å². The van der Waals surface area contributed by atoms with Crippen molar-refractivity contribution in [3.05, 3.63) is 18.3 Å². The molecule has 0 aliphatic rings. The Bertz CT molecular complexity index is 223. The fraction of sp³-hybridized carbons (Fsp3) is 0.286. The van der Waals surface area contributed by atoms with Gasteiger partial charge in [0.05, 0.1) is 8.80 Å². The van der Waals surface area contributed by atoms with Crippen molar-refractivity contribution in [1.29, 1.82) is 0 Å². The first kappa shape index (κ1) is 7.28. The maximum atomic E-state index is 5.64. The second-order valence-corrected chi connectivity index (χ2v) is 4.97. The van der Waals surface area contributed by atoms with E-state index in [2.05, 4.69) is 24.1 Å². The molecule has 0 fully saturated rings. The lowest BCUT2D eigenvalue weighted by molar-refractivity contribution is 1.35. The molecule has 0 aliphatic heterocycles. The summed E-state index contributed by atoms with van der Waals surface area (Å²) in [6.45, 7) is 4.41. The van der Waals surface area contributed by atoms with Crippen molar-refractivity contribution in [2.75, 3.05) is 5.73 Å². The summed E-state index contributed by atoms with van der Waals surface area (Å²) < 4.78 is 0. The SMILES string of the molecule is C[Si](C)c1cccnc1N. The van der Waals surface area contributed by atoms with Crippen molar-refractivity contribution < 1.29 is 0 Å². The minimum absolute atomic E-state index is 0.430. The quantitative estimate of drug-likeness (QED) is 0.598. The van der Waals surface area contributed by atoms with Crippen LogP contribution < -0.4 is 10.9 Å². The van der Waals surface area contributed by atoms with Crippen molar-refractivity contribution in [2.24, 2.45) is 0 Å². The van der Waals surface area contributed by atoms with Gasteiger partial charge in [-0.05, 0) is 11.3 Å². The van der Waals surface area contributed by atoms with Gasteiger partial charge >= 0.3 is 0 Å². The summed E-state index contributed by atoms with van der Waals surface area (Å²) in [6, 6.07) is 3.99. The van der Waals surface area contributed by atoms with Crippen LogP contribution in [0.15, 0.2) is 18.3 Å². The second kappa shape index (κ2) is 2.83. The van der Waals surface area contributed by atoms with E-state index in [1.807, 2.05) is 6.07 Å². The zero-order chi connectivity index (χ0) is 7.56. The molecule has 0 aliphatic carbocycles. The summed E-state index contributed by atoms with van der Waals surface area (Å²) in [5, 5.41) is 1.23. The van der Waals surface area contributed by atoms with Gasteiger partial charge in [0.15, 0.2) is 0 Å². The smallest absolute Gasteiger partial charge is 0.122 e. The standard InChI is InChI=1S/C7H11N2Si/c1-10(2)6-4-3-5-9-7(6)8/h3-5H,1-2H3,(H2,8,9). The molecule has 0 saturated heterocycles. The van der Waals surface area contributed by atoms with E-state index in [4.69, 9.17) is 5.73 Å². The van der Waals surface area contributed by atoms with Crippen LogP contribution in [0.25, 0.3) is 0 Å². The first-order valence-corrected chi connectivity index (χ1v) is 5.73. The first-order chi connectivity index (χ1) is 4.72. The number of nitrogen functional groups attached to an aromatic ring is 1. The molecule has 0 atom stereocenters. The molecule has 1 aromatic heterocycles. The highest BCUT2D eigenvalue weighted by Crippen LogP contribution is 1.93. The Balaban J connectivity index is 3.03. The maximum absolute atomic E-state index is 5.64. The number of nitrogens with zero attached hydrogens (tertiary/aromatic N) is 1. The van der Waals surface area contributed by atoms with Crippen LogP contribution in [-0.4, -0.2) is 13.8 Å². The average molecular weight is 151 g/mol. The monoisotopic (exact) mass is 151 g/mol. The van der Waals surface area contributed by atoms with Gasteiger partial charge in [-0.2, -0.15) is 0 Å². The van der Waals surface area contributed by atoms with Crippen molar-refractivity contribution in [3.63, 3.8) is 0 Å². The Morgan fingerprint density at radius 2 is 2.20 bits per heavy atom. The first-order valence-electron chi connectivity index (χ1n) is 3.23. The van der Waals surface area contributed by atoms with E-state index < -0.39 is 8.80 Å². The van der Waals surface area contributed by atoms with E-state index in [1.165, 1.54) is 5.19 Å². The third-order valence-corrected chi connectivity index (χ3v) is 2.88. The van der Waals surface area contributed by atoms with Gasteiger partial charge < -0.3 is 5.73 Å². The van der Waals surface area contributed by atoms with Crippen LogP contribution >= 0.6 is 0 Å². The lowest BCUT2D eigenvalue weighted by atomic mass is 10.5.